The van der Waals surface area contributed by atoms with Crippen LogP contribution in [0.1, 0.15) is 34.7 Å². The van der Waals surface area contributed by atoms with Crippen LogP contribution < -0.4 is 18.9 Å². The van der Waals surface area contributed by atoms with E-state index in [9.17, 15) is 4.79 Å². The van der Waals surface area contributed by atoms with Crippen molar-refractivity contribution in [1.29, 1.82) is 0 Å². The molecule has 2 aliphatic rings. The molecule has 1 atom stereocenters. The van der Waals surface area contributed by atoms with Crippen molar-refractivity contribution in [3.8, 4) is 23.0 Å². The fourth-order valence-corrected chi connectivity index (χ4v) is 5.23. The van der Waals surface area contributed by atoms with Crippen molar-refractivity contribution < 1.29 is 23.7 Å². The second-order valence-corrected chi connectivity index (χ2v) is 9.41. The van der Waals surface area contributed by atoms with Crippen LogP contribution in [0.2, 0.25) is 0 Å². The van der Waals surface area contributed by atoms with Crippen LogP contribution in [-0.4, -0.2) is 63.1 Å². The summed E-state index contributed by atoms with van der Waals surface area (Å²) in [5.41, 5.74) is 5.09. The summed E-state index contributed by atoms with van der Waals surface area (Å²) in [6, 6.07) is 19.4. The third-order valence-electron chi connectivity index (χ3n) is 7.25. The van der Waals surface area contributed by atoms with E-state index in [-0.39, 0.29) is 18.5 Å². The van der Waals surface area contributed by atoms with Gasteiger partial charge in [0.1, 0.15) is 23.0 Å². The highest BCUT2D eigenvalue weighted by Gasteiger charge is 2.36. The zero-order valence-corrected chi connectivity index (χ0v) is 22.3. The molecule has 1 amide bonds. The van der Waals surface area contributed by atoms with Gasteiger partial charge in [-0.05, 0) is 41.8 Å². The molecule has 0 spiro atoms. The molecule has 198 valence electrons. The number of benzene rings is 3. The molecule has 0 saturated carbocycles. The average Bonchev–Trinajstić information content (AvgIpc) is 3.41. The van der Waals surface area contributed by atoms with Crippen LogP contribution in [0.5, 0.6) is 23.0 Å². The maximum atomic E-state index is 13.8. The Morgan fingerprint density at radius 3 is 2.26 bits per heavy atom. The van der Waals surface area contributed by atoms with Gasteiger partial charge in [-0.25, -0.2) is 5.01 Å². The first-order valence-electron chi connectivity index (χ1n) is 12.7. The lowest BCUT2D eigenvalue weighted by Crippen LogP contribution is -2.40. The van der Waals surface area contributed by atoms with Crippen molar-refractivity contribution in [3.63, 3.8) is 0 Å². The van der Waals surface area contributed by atoms with Crippen molar-refractivity contribution in [2.24, 2.45) is 5.10 Å². The fourth-order valence-electron chi connectivity index (χ4n) is 5.23. The van der Waals surface area contributed by atoms with E-state index in [0.717, 1.165) is 36.3 Å². The van der Waals surface area contributed by atoms with Crippen LogP contribution in [0.15, 0.2) is 65.8 Å². The Morgan fingerprint density at radius 1 is 0.868 bits per heavy atom. The number of amides is 1. The summed E-state index contributed by atoms with van der Waals surface area (Å²) in [6.07, 6.45) is 1.44. The highest BCUT2D eigenvalue weighted by Crippen LogP contribution is 2.40. The molecule has 0 N–H and O–H groups in total. The molecule has 0 aromatic heterocycles. The number of fused-ring (bicyclic) bond motifs is 1. The predicted molar refractivity (Wildman–Crippen MR) is 145 cm³/mol. The van der Waals surface area contributed by atoms with Gasteiger partial charge in [-0.3, -0.25) is 9.69 Å². The van der Waals surface area contributed by atoms with Gasteiger partial charge in [-0.15, -0.1) is 0 Å². The minimum Gasteiger partial charge on any atom is -0.497 e. The molecule has 1 unspecified atom stereocenters. The molecular weight excluding hydrogens is 482 g/mol. The Bertz CT molecular complexity index is 1360. The summed E-state index contributed by atoms with van der Waals surface area (Å²) in [5.74, 6) is 2.61. The summed E-state index contributed by atoms with van der Waals surface area (Å²) in [4.78, 5) is 16.0. The van der Waals surface area contributed by atoms with Gasteiger partial charge < -0.3 is 18.9 Å². The molecule has 2 aliphatic heterocycles. The number of nitrogens with zero attached hydrogens (tertiary/aromatic N) is 3. The third kappa shape index (κ3) is 5.04. The largest absolute Gasteiger partial charge is 0.497 e. The van der Waals surface area contributed by atoms with E-state index >= 15 is 0 Å². The lowest BCUT2D eigenvalue weighted by molar-refractivity contribution is -0.134. The number of rotatable bonds is 8. The van der Waals surface area contributed by atoms with Gasteiger partial charge in [0, 0.05) is 42.8 Å². The van der Waals surface area contributed by atoms with Gasteiger partial charge in [-0.1, -0.05) is 24.3 Å². The molecule has 0 bridgehead atoms. The van der Waals surface area contributed by atoms with E-state index in [2.05, 4.69) is 29.2 Å². The molecule has 3 aromatic carbocycles. The van der Waals surface area contributed by atoms with Crippen LogP contribution in [-0.2, 0) is 17.8 Å². The van der Waals surface area contributed by atoms with Gasteiger partial charge in [-0.2, -0.15) is 5.10 Å². The van der Waals surface area contributed by atoms with Crippen molar-refractivity contribution in [2.75, 3.05) is 41.5 Å². The molecule has 8 heteroatoms. The lowest BCUT2D eigenvalue weighted by Gasteiger charge is -2.30. The first-order chi connectivity index (χ1) is 18.5. The summed E-state index contributed by atoms with van der Waals surface area (Å²) in [5, 5.41) is 6.49. The Hall–Kier alpha value is -4.04. The number of hydrogen-bond acceptors (Lipinski definition) is 7. The fraction of sp³-hybridized carbons (Fsp3) is 0.333. The van der Waals surface area contributed by atoms with Crippen LogP contribution in [0.4, 0.5) is 0 Å². The van der Waals surface area contributed by atoms with E-state index in [1.54, 1.807) is 33.4 Å². The van der Waals surface area contributed by atoms with Gasteiger partial charge in [0.2, 0.25) is 0 Å². The molecule has 2 heterocycles. The van der Waals surface area contributed by atoms with Gasteiger partial charge in [0.25, 0.3) is 5.91 Å². The molecule has 0 saturated heterocycles. The average molecular weight is 516 g/mol. The predicted octanol–water partition coefficient (Wildman–Crippen LogP) is 4.46. The number of ether oxygens (including phenoxy) is 4. The van der Waals surface area contributed by atoms with E-state index in [1.807, 2.05) is 36.4 Å². The van der Waals surface area contributed by atoms with E-state index in [1.165, 1.54) is 11.1 Å². The number of carbonyl (C=O) groups excluding carboxylic acids is 1. The summed E-state index contributed by atoms with van der Waals surface area (Å²) in [6.45, 7) is 1.85. The summed E-state index contributed by atoms with van der Waals surface area (Å²) < 4.78 is 22.1. The van der Waals surface area contributed by atoms with Crippen LogP contribution in [0.25, 0.3) is 0 Å². The van der Waals surface area contributed by atoms with Crippen LogP contribution >= 0.6 is 0 Å². The Labute approximate surface area is 223 Å². The quantitative estimate of drug-likeness (QED) is 0.441. The standard InChI is InChI=1S/C30H33N3O5/c1-35-22-9-11-24(28(15-22)37-3)26-17-27(25-12-10-23(36-2)16-29(25)38-4)33(31-26)30(34)19-32-14-13-20-7-5-6-8-21(20)18-32/h5-12,15-16,27H,13-14,17-19H2,1-4H3. The zero-order chi connectivity index (χ0) is 26.6. The number of carbonyl (C=O) groups is 1. The van der Waals surface area contributed by atoms with Crippen molar-refractivity contribution in [3.05, 3.63) is 82.9 Å². The highest BCUT2D eigenvalue weighted by atomic mass is 16.5. The second kappa shape index (κ2) is 11.1. The topological polar surface area (TPSA) is 72.8 Å². The zero-order valence-electron chi connectivity index (χ0n) is 22.3. The van der Waals surface area contributed by atoms with E-state index < -0.39 is 0 Å². The SMILES string of the molecule is COc1ccc(C2=NN(C(=O)CN3CCc4ccccc4C3)C(c3ccc(OC)cc3OC)C2)c(OC)c1. The minimum atomic E-state index is -0.331. The lowest BCUT2D eigenvalue weighted by atomic mass is 9.96. The Morgan fingerprint density at radius 2 is 1.55 bits per heavy atom. The first-order valence-corrected chi connectivity index (χ1v) is 12.7. The summed E-state index contributed by atoms with van der Waals surface area (Å²) in [7, 11) is 6.48. The maximum absolute atomic E-state index is 13.8. The maximum Gasteiger partial charge on any atom is 0.257 e. The van der Waals surface area contributed by atoms with Gasteiger partial charge >= 0.3 is 0 Å². The first kappa shape index (κ1) is 25.6. The minimum absolute atomic E-state index is 0.0604. The highest BCUT2D eigenvalue weighted by molar-refractivity contribution is 6.05. The Balaban J connectivity index is 1.47. The smallest absolute Gasteiger partial charge is 0.257 e. The molecule has 3 aromatic rings. The molecule has 0 aliphatic carbocycles. The van der Waals surface area contributed by atoms with Crippen LogP contribution in [0.3, 0.4) is 0 Å². The third-order valence-corrected chi connectivity index (χ3v) is 7.25. The number of hydrazone groups is 1. The molecule has 0 fully saturated rings. The molecule has 0 radical (unpaired) electrons. The van der Waals surface area contributed by atoms with Crippen LogP contribution in [0, 0.1) is 0 Å². The monoisotopic (exact) mass is 515 g/mol. The second-order valence-electron chi connectivity index (χ2n) is 9.41. The normalized spacial score (nSPS) is 17.0. The van der Waals surface area contributed by atoms with E-state index in [0.29, 0.717) is 29.4 Å². The molecule has 38 heavy (non-hydrogen) atoms. The van der Waals surface area contributed by atoms with E-state index in [4.69, 9.17) is 24.0 Å². The van der Waals surface area contributed by atoms with Gasteiger partial charge in [0.15, 0.2) is 0 Å². The summed E-state index contributed by atoms with van der Waals surface area (Å²) >= 11 is 0. The number of methoxy groups -OCH3 is 4. The molecular formula is C30H33N3O5. The van der Waals surface area contributed by atoms with Crippen molar-refractivity contribution in [2.45, 2.75) is 25.4 Å². The molecule has 8 nitrogen and oxygen atoms in total. The van der Waals surface area contributed by atoms with Crippen molar-refractivity contribution in [1.82, 2.24) is 9.91 Å². The van der Waals surface area contributed by atoms with Gasteiger partial charge in [0.05, 0.1) is 46.7 Å². The van der Waals surface area contributed by atoms with Crippen molar-refractivity contribution >= 4 is 11.6 Å². The number of hydrogen-bond donors (Lipinski definition) is 0. The Kier molecular flexibility index (Phi) is 7.51. The molecule has 5 rings (SSSR count).